The molecule has 1 aliphatic carbocycles. The maximum atomic E-state index is 9.55. The van der Waals surface area contributed by atoms with E-state index in [2.05, 4.69) is 16.9 Å². The van der Waals surface area contributed by atoms with Gasteiger partial charge < -0.3 is 4.74 Å². The highest BCUT2D eigenvalue weighted by Crippen LogP contribution is 2.05. The molecule has 0 fully saturated rings. The summed E-state index contributed by atoms with van der Waals surface area (Å²) >= 11 is 0. The summed E-state index contributed by atoms with van der Waals surface area (Å²) in [7, 11) is 0. The van der Waals surface area contributed by atoms with Gasteiger partial charge in [-0.3, -0.25) is 4.79 Å². The summed E-state index contributed by atoms with van der Waals surface area (Å²) in [6, 6.07) is 0. The minimum absolute atomic E-state index is 0.0810. The first-order valence-corrected chi connectivity index (χ1v) is 4.55. The van der Waals surface area contributed by atoms with Gasteiger partial charge in [-0.15, -0.1) is 0 Å². The van der Waals surface area contributed by atoms with Crippen molar-refractivity contribution >= 4 is 6.47 Å². The Kier molecular flexibility index (Phi) is 7.76. The highest BCUT2D eigenvalue weighted by Gasteiger charge is 1.92. The van der Waals surface area contributed by atoms with Gasteiger partial charge in [0.15, 0.2) is 0 Å². The molecule has 0 bridgehead atoms. The van der Waals surface area contributed by atoms with E-state index in [-0.39, 0.29) is 6.10 Å². The van der Waals surface area contributed by atoms with Crippen molar-refractivity contribution in [2.75, 3.05) is 0 Å². The van der Waals surface area contributed by atoms with Gasteiger partial charge in [0.05, 0.1) is 6.10 Å². The van der Waals surface area contributed by atoms with Crippen LogP contribution in [0.3, 0.4) is 0 Å². The number of hydrogen-bond donors (Lipinski definition) is 0. The van der Waals surface area contributed by atoms with Crippen molar-refractivity contribution in [2.45, 2.75) is 45.6 Å². The van der Waals surface area contributed by atoms with Gasteiger partial charge in [0, 0.05) is 0 Å². The third-order valence-corrected chi connectivity index (χ3v) is 1.77. The van der Waals surface area contributed by atoms with Crippen LogP contribution in [0.15, 0.2) is 12.2 Å². The number of ether oxygens (including phenoxy) is 1. The Bertz CT molecular complexity index is 124. The highest BCUT2D eigenvalue weighted by molar-refractivity contribution is 5.37. The molecule has 12 heavy (non-hydrogen) atoms. The van der Waals surface area contributed by atoms with Crippen LogP contribution in [0.4, 0.5) is 0 Å². The molecule has 1 atom stereocenters. The molecule has 70 valence electrons. The van der Waals surface area contributed by atoms with Crippen molar-refractivity contribution in [3.05, 3.63) is 12.2 Å². The molecule has 1 unspecified atom stereocenters. The van der Waals surface area contributed by atoms with Gasteiger partial charge in [0.25, 0.3) is 6.47 Å². The van der Waals surface area contributed by atoms with Crippen LogP contribution in [0.5, 0.6) is 0 Å². The molecule has 0 aromatic rings. The van der Waals surface area contributed by atoms with E-state index in [1.54, 1.807) is 0 Å². The van der Waals surface area contributed by atoms with E-state index in [0.717, 1.165) is 6.42 Å². The SMILES string of the molecule is C1=CCCC1.CCC(C)OC=O. The van der Waals surface area contributed by atoms with Gasteiger partial charge in [-0.05, 0) is 32.6 Å². The van der Waals surface area contributed by atoms with Gasteiger partial charge in [0.2, 0.25) is 0 Å². The predicted octanol–water partition coefficient (Wildman–Crippen LogP) is 2.68. The zero-order valence-electron chi connectivity index (χ0n) is 7.95. The molecule has 0 N–H and O–H groups in total. The van der Waals surface area contributed by atoms with Gasteiger partial charge in [-0.25, -0.2) is 0 Å². The number of hydrogen-bond acceptors (Lipinski definition) is 2. The zero-order valence-corrected chi connectivity index (χ0v) is 7.95. The summed E-state index contributed by atoms with van der Waals surface area (Å²) in [5.74, 6) is 0. The van der Waals surface area contributed by atoms with Crippen LogP contribution in [0.25, 0.3) is 0 Å². The van der Waals surface area contributed by atoms with Crippen molar-refractivity contribution in [3.63, 3.8) is 0 Å². The average Bonchev–Trinajstić information content (AvgIpc) is 2.62. The van der Waals surface area contributed by atoms with Gasteiger partial charge in [0.1, 0.15) is 0 Å². The Labute approximate surface area is 74.6 Å². The van der Waals surface area contributed by atoms with Crippen LogP contribution in [0.2, 0.25) is 0 Å². The Balaban J connectivity index is 0.000000211. The lowest BCUT2D eigenvalue weighted by molar-refractivity contribution is -0.132. The molecule has 2 heteroatoms. The fourth-order valence-corrected chi connectivity index (χ4v) is 0.780. The lowest BCUT2D eigenvalue weighted by Gasteiger charge is -2.02. The number of rotatable bonds is 3. The minimum atomic E-state index is 0.0810. The molecule has 2 nitrogen and oxygen atoms in total. The predicted molar refractivity (Wildman–Crippen MR) is 49.9 cm³/mol. The number of allylic oxidation sites excluding steroid dienone is 2. The van der Waals surface area contributed by atoms with Crippen molar-refractivity contribution in [2.24, 2.45) is 0 Å². The number of carbonyl (C=O) groups excluding carboxylic acids is 1. The van der Waals surface area contributed by atoms with Crippen LogP contribution in [0.1, 0.15) is 39.5 Å². The molecular weight excluding hydrogens is 152 g/mol. The first kappa shape index (κ1) is 11.2. The Morgan fingerprint density at radius 1 is 1.50 bits per heavy atom. The molecule has 1 aliphatic rings. The maximum absolute atomic E-state index is 9.55. The summed E-state index contributed by atoms with van der Waals surface area (Å²) in [5.41, 5.74) is 0. The molecule has 0 saturated carbocycles. The summed E-state index contributed by atoms with van der Waals surface area (Å²) in [6.45, 7) is 4.30. The molecule has 0 saturated heterocycles. The van der Waals surface area contributed by atoms with Crippen LogP contribution < -0.4 is 0 Å². The van der Waals surface area contributed by atoms with Crippen molar-refractivity contribution in [1.82, 2.24) is 0 Å². The summed E-state index contributed by atoms with van der Waals surface area (Å²) in [5, 5.41) is 0. The second kappa shape index (κ2) is 8.31. The minimum Gasteiger partial charge on any atom is -0.465 e. The molecule has 0 radical (unpaired) electrons. The normalized spacial score (nSPS) is 16.2. The smallest absolute Gasteiger partial charge is 0.293 e. The van der Waals surface area contributed by atoms with E-state index in [1.165, 1.54) is 19.3 Å². The lowest BCUT2D eigenvalue weighted by atomic mass is 10.3. The monoisotopic (exact) mass is 170 g/mol. The Morgan fingerprint density at radius 3 is 2.25 bits per heavy atom. The van der Waals surface area contributed by atoms with Gasteiger partial charge in [-0.1, -0.05) is 19.1 Å². The molecule has 1 rings (SSSR count). The molecular formula is C10H18O2. The largest absolute Gasteiger partial charge is 0.465 e. The second-order valence-corrected chi connectivity index (χ2v) is 2.85. The van der Waals surface area contributed by atoms with Crippen LogP contribution in [-0.4, -0.2) is 12.6 Å². The van der Waals surface area contributed by atoms with Crippen molar-refractivity contribution in [3.8, 4) is 0 Å². The highest BCUT2D eigenvalue weighted by atomic mass is 16.5. The Hall–Kier alpha value is -0.790. The summed E-state index contributed by atoms with van der Waals surface area (Å²) in [6.07, 6.45) is 9.47. The first-order chi connectivity index (χ1) is 5.81. The van der Waals surface area contributed by atoms with E-state index >= 15 is 0 Å². The third kappa shape index (κ3) is 7.32. The number of carbonyl (C=O) groups is 1. The molecule has 0 aromatic heterocycles. The molecule has 0 aliphatic heterocycles. The fourth-order valence-electron chi connectivity index (χ4n) is 0.780. The maximum Gasteiger partial charge on any atom is 0.293 e. The molecule has 0 heterocycles. The van der Waals surface area contributed by atoms with E-state index < -0.39 is 0 Å². The average molecular weight is 170 g/mol. The van der Waals surface area contributed by atoms with E-state index in [1.807, 2.05) is 13.8 Å². The summed E-state index contributed by atoms with van der Waals surface area (Å²) in [4.78, 5) is 9.55. The van der Waals surface area contributed by atoms with Crippen LogP contribution in [0, 0.1) is 0 Å². The fraction of sp³-hybridized carbons (Fsp3) is 0.700. The van der Waals surface area contributed by atoms with Crippen LogP contribution >= 0.6 is 0 Å². The Morgan fingerprint density at radius 2 is 2.08 bits per heavy atom. The lowest BCUT2D eigenvalue weighted by Crippen LogP contribution is -2.03. The zero-order chi connectivity index (χ0) is 9.23. The first-order valence-electron chi connectivity index (χ1n) is 4.55. The van der Waals surface area contributed by atoms with E-state index in [9.17, 15) is 4.79 Å². The molecule has 0 amide bonds. The van der Waals surface area contributed by atoms with E-state index in [0.29, 0.717) is 6.47 Å². The van der Waals surface area contributed by atoms with Crippen LogP contribution in [-0.2, 0) is 9.53 Å². The summed E-state index contributed by atoms with van der Waals surface area (Å²) < 4.78 is 4.51. The van der Waals surface area contributed by atoms with E-state index in [4.69, 9.17) is 0 Å². The second-order valence-electron chi connectivity index (χ2n) is 2.85. The topological polar surface area (TPSA) is 26.3 Å². The molecule has 0 spiro atoms. The quantitative estimate of drug-likeness (QED) is 0.481. The van der Waals surface area contributed by atoms with Crippen molar-refractivity contribution < 1.29 is 9.53 Å². The third-order valence-electron chi connectivity index (χ3n) is 1.77. The van der Waals surface area contributed by atoms with Crippen molar-refractivity contribution in [1.29, 1.82) is 0 Å². The molecule has 0 aromatic carbocycles. The van der Waals surface area contributed by atoms with Gasteiger partial charge in [-0.2, -0.15) is 0 Å². The van der Waals surface area contributed by atoms with Gasteiger partial charge >= 0.3 is 0 Å². The standard InChI is InChI=1S/C5H10O2.C5H8/c1-3-5(2)7-4-6;1-2-4-5-3-1/h4-5H,3H2,1-2H3;1-2H,3-5H2.